The van der Waals surface area contributed by atoms with Crippen LogP contribution in [-0.2, 0) is 4.74 Å². The van der Waals surface area contributed by atoms with Crippen molar-refractivity contribution in [2.24, 2.45) is 4.99 Å². The van der Waals surface area contributed by atoms with Crippen LogP contribution >= 0.6 is 35.3 Å². The van der Waals surface area contributed by atoms with E-state index in [1.165, 1.54) is 37.2 Å². The minimum absolute atomic E-state index is 0. The Kier molecular flexibility index (Phi) is 12.5. The van der Waals surface area contributed by atoms with Gasteiger partial charge in [0.2, 0.25) is 0 Å². The second-order valence-corrected chi connectivity index (χ2v) is 7.19. The number of rotatable bonds is 10. The van der Waals surface area contributed by atoms with Crippen LogP contribution in [0, 0.1) is 0 Å². The van der Waals surface area contributed by atoms with Crippen LogP contribution in [0.25, 0.3) is 0 Å². The third-order valence-corrected chi connectivity index (χ3v) is 5.43. The van der Waals surface area contributed by atoms with Gasteiger partial charge in [-0.1, -0.05) is 6.07 Å². The van der Waals surface area contributed by atoms with Crippen molar-refractivity contribution in [3.63, 3.8) is 0 Å². The number of halogens is 1. The monoisotopic (exact) mass is 480 g/mol. The third-order valence-electron chi connectivity index (χ3n) is 4.46. The molecule has 1 unspecified atom stereocenters. The molecule has 1 aromatic heterocycles. The summed E-state index contributed by atoms with van der Waals surface area (Å²) in [5, 5.41) is 9.11. The van der Waals surface area contributed by atoms with Crippen molar-refractivity contribution in [1.29, 1.82) is 0 Å². The van der Waals surface area contributed by atoms with Gasteiger partial charge in [0.15, 0.2) is 5.96 Å². The number of nitrogens with one attached hydrogen (secondary N) is 2. The van der Waals surface area contributed by atoms with E-state index >= 15 is 0 Å². The number of unbranched alkanes of at least 4 members (excludes halogenated alkanes) is 2. The van der Waals surface area contributed by atoms with Gasteiger partial charge in [0, 0.05) is 38.7 Å². The molecule has 1 atom stereocenters. The van der Waals surface area contributed by atoms with E-state index in [1.807, 2.05) is 18.4 Å². The van der Waals surface area contributed by atoms with Gasteiger partial charge in [0.05, 0.1) is 6.04 Å². The highest BCUT2D eigenvalue weighted by atomic mass is 127. The second-order valence-electron chi connectivity index (χ2n) is 6.21. The molecule has 2 N–H and O–H groups in total. The van der Waals surface area contributed by atoms with Crippen LogP contribution in [0.2, 0.25) is 0 Å². The Morgan fingerprint density at radius 1 is 1.28 bits per heavy atom. The quantitative estimate of drug-likeness (QED) is 0.233. The lowest BCUT2D eigenvalue weighted by Gasteiger charge is -2.27. The molecule has 0 spiro atoms. The first-order valence-corrected chi connectivity index (χ1v) is 9.94. The van der Waals surface area contributed by atoms with Crippen molar-refractivity contribution >= 4 is 41.3 Å². The Morgan fingerprint density at radius 3 is 2.72 bits per heavy atom. The van der Waals surface area contributed by atoms with E-state index in [2.05, 4.69) is 38.0 Å². The summed E-state index contributed by atoms with van der Waals surface area (Å²) in [4.78, 5) is 8.39. The van der Waals surface area contributed by atoms with Crippen LogP contribution in [0.5, 0.6) is 0 Å². The molecule has 1 fully saturated rings. The lowest BCUT2D eigenvalue weighted by molar-refractivity contribution is 0.192. The van der Waals surface area contributed by atoms with Gasteiger partial charge >= 0.3 is 0 Å². The maximum Gasteiger partial charge on any atom is 0.191 e. The number of nitrogens with zero attached hydrogens (tertiary/aromatic N) is 2. The number of ether oxygens (including phenoxy) is 1. The zero-order valence-electron chi connectivity index (χ0n) is 15.5. The van der Waals surface area contributed by atoms with E-state index in [-0.39, 0.29) is 24.0 Å². The number of hydrogen-bond acceptors (Lipinski definition) is 4. The summed E-state index contributed by atoms with van der Waals surface area (Å²) in [6.45, 7) is 5.12. The van der Waals surface area contributed by atoms with Crippen molar-refractivity contribution in [2.45, 2.75) is 38.1 Å². The predicted octanol–water partition coefficient (Wildman–Crippen LogP) is 3.48. The molecule has 2 rings (SSSR count). The van der Waals surface area contributed by atoms with E-state index in [1.54, 1.807) is 7.11 Å². The number of likely N-dealkylation sites (tertiary alicyclic amines) is 1. The normalized spacial score (nSPS) is 16.5. The average Bonchev–Trinajstić information content (AvgIpc) is 3.30. The molecule has 0 aromatic carbocycles. The Labute approximate surface area is 173 Å². The molecule has 144 valence electrons. The van der Waals surface area contributed by atoms with Crippen molar-refractivity contribution in [2.75, 3.05) is 46.9 Å². The molecule has 0 saturated carbocycles. The number of hydrogen-bond donors (Lipinski definition) is 2. The Balaban J connectivity index is 0.00000312. The molecule has 0 bridgehead atoms. The van der Waals surface area contributed by atoms with E-state index in [0.717, 1.165) is 38.5 Å². The fourth-order valence-corrected chi connectivity index (χ4v) is 3.97. The van der Waals surface area contributed by atoms with Gasteiger partial charge in [-0.3, -0.25) is 9.89 Å². The SMILES string of the molecule is CN=C(NCCCCCOC)NCC(c1cccs1)N1CCCC1.I. The molecule has 5 nitrogen and oxygen atoms in total. The fraction of sp³-hybridized carbons (Fsp3) is 0.722. The molecule has 0 radical (unpaired) electrons. The lowest BCUT2D eigenvalue weighted by atomic mass is 10.2. The third kappa shape index (κ3) is 8.23. The van der Waals surface area contributed by atoms with E-state index in [0.29, 0.717) is 6.04 Å². The van der Waals surface area contributed by atoms with E-state index in [9.17, 15) is 0 Å². The number of methoxy groups -OCH3 is 1. The molecule has 1 aliphatic heterocycles. The summed E-state index contributed by atoms with van der Waals surface area (Å²) in [5.74, 6) is 0.905. The topological polar surface area (TPSA) is 48.9 Å². The summed E-state index contributed by atoms with van der Waals surface area (Å²) in [5.41, 5.74) is 0. The Hall–Kier alpha value is -0.380. The zero-order chi connectivity index (χ0) is 17.0. The van der Waals surface area contributed by atoms with Crippen molar-refractivity contribution < 1.29 is 4.74 Å². The predicted molar refractivity (Wildman–Crippen MR) is 118 cm³/mol. The highest BCUT2D eigenvalue weighted by Gasteiger charge is 2.24. The maximum absolute atomic E-state index is 5.08. The van der Waals surface area contributed by atoms with Crippen LogP contribution in [0.1, 0.15) is 43.0 Å². The summed E-state index contributed by atoms with van der Waals surface area (Å²) in [7, 11) is 3.60. The van der Waals surface area contributed by atoms with Crippen molar-refractivity contribution in [1.82, 2.24) is 15.5 Å². The first kappa shape index (κ1) is 22.7. The molecule has 0 amide bonds. The summed E-state index contributed by atoms with van der Waals surface area (Å²) < 4.78 is 5.08. The molecule has 7 heteroatoms. The first-order chi connectivity index (χ1) is 11.8. The largest absolute Gasteiger partial charge is 0.385 e. The summed E-state index contributed by atoms with van der Waals surface area (Å²) in [6, 6.07) is 4.85. The van der Waals surface area contributed by atoms with Crippen LogP contribution in [-0.4, -0.2) is 57.8 Å². The molecule has 1 aliphatic rings. The van der Waals surface area contributed by atoms with E-state index in [4.69, 9.17) is 4.74 Å². The van der Waals surface area contributed by atoms with Crippen LogP contribution in [0.3, 0.4) is 0 Å². The minimum Gasteiger partial charge on any atom is -0.385 e. The highest BCUT2D eigenvalue weighted by molar-refractivity contribution is 14.0. The van der Waals surface area contributed by atoms with Crippen molar-refractivity contribution in [3.05, 3.63) is 22.4 Å². The molecule has 1 saturated heterocycles. The molecule has 1 aromatic rings. The van der Waals surface area contributed by atoms with Crippen molar-refractivity contribution in [3.8, 4) is 0 Å². The number of thiophene rings is 1. The Morgan fingerprint density at radius 2 is 2.08 bits per heavy atom. The molecule has 2 heterocycles. The highest BCUT2D eigenvalue weighted by Crippen LogP contribution is 2.27. The van der Waals surface area contributed by atoms with Crippen LogP contribution in [0.15, 0.2) is 22.5 Å². The molecular formula is C18H33IN4OS. The summed E-state index contributed by atoms with van der Waals surface area (Å²) in [6.07, 6.45) is 6.08. The van der Waals surface area contributed by atoms with Gasteiger partial charge in [-0.2, -0.15) is 0 Å². The average molecular weight is 480 g/mol. The first-order valence-electron chi connectivity index (χ1n) is 9.06. The van der Waals surface area contributed by atoms with Crippen LogP contribution < -0.4 is 10.6 Å². The van der Waals surface area contributed by atoms with Gasteiger partial charge in [-0.15, -0.1) is 35.3 Å². The van der Waals surface area contributed by atoms with Crippen LogP contribution in [0.4, 0.5) is 0 Å². The zero-order valence-corrected chi connectivity index (χ0v) is 18.6. The molecule has 0 aliphatic carbocycles. The Bertz CT molecular complexity index is 464. The fourth-order valence-electron chi connectivity index (χ4n) is 3.11. The molecular weight excluding hydrogens is 447 g/mol. The number of guanidine groups is 1. The number of aliphatic imine (C=N–C) groups is 1. The van der Waals surface area contributed by atoms with Gasteiger partial charge in [-0.05, 0) is 56.6 Å². The lowest BCUT2D eigenvalue weighted by Crippen LogP contribution is -2.42. The minimum atomic E-state index is 0. The van der Waals surface area contributed by atoms with Gasteiger partial charge in [0.25, 0.3) is 0 Å². The van der Waals surface area contributed by atoms with Gasteiger partial charge in [-0.25, -0.2) is 0 Å². The standard InChI is InChI=1S/C18H32N4OS.HI/c1-19-18(20-10-4-3-7-13-23-2)21-15-16(17-9-8-14-24-17)22-11-5-6-12-22;/h8-9,14,16H,3-7,10-13,15H2,1-2H3,(H2,19,20,21);1H. The second kappa shape index (κ2) is 13.8. The molecule has 25 heavy (non-hydrogen) atoms. The van der Waals surface area contributed by atoms with Gasteiger partial charge in [0.1, 0.15) is 0 Å². The maximum atomic E-state index is 5.08. The smallest absolute Gasteiger partial charge is 0.191 e. The van der Waals surface area contributed by atoms with E-state index < -0.39 is 0 Å². The summed E-state index contributed by atoms with van der Waals surface area (Å²) >= 11 is 1.85. The van der Waals surface area contributed by atoms with Gasteiger partial charge < -0.3 is 15.4 Å².